The second-order valence-corrected chi connectivity index (χ2v) is 4.82. The van der Waals surface area contributed by atoms with Crippen molar-refractivity contribution in [3.63, 3.8) is 0 Å². The van der Waals surface area contributed by atoms with Crippen LogP contribution < -0.4 is 0 Å². The summed E-state index contributed by atoms with van der Waals surface area (Å²) in [6.45, 7) is 2.03. The van der Waals surface area contributed by atoms with Crippen molar-refractivity contribution in [1.29, 1.82) is 0 Å². The van der Waals surface area contributed by atoms with Crippen molar-refractivity contribution in [2.45, 2.75) is 70.8 Å². The average molecular weight is 337 g/mol. The fourth-order valence-electron chi connectivity index (χ4n) is 1.53. The fraction of sp³-hybridized carbons (Fsp3) is 0.550. The predicted octanol–water partition coefficient (Wildman–Crippen LogP) is 5.19. The van der Waals surface area contributed by atoms with Crippen LogP contribution >= 0.6 is 0 Å². The molecule has 1 atom stereocenters. The molecule has 3 nitrogen and oxygen atoms in total. The maximum Gasteiger partial charge on any atom is 0.303 e. The van der Waals surface area contributed by atoms with Gasteiger partial charge in [0.05, 0.1) is 17.0 Å². The standard InChI is InChI=1S/C20H32O3/c1-2-3-4-5-6-7-8-9-10-11-12-13-14-16-19(21)17-15-18-20(22)23/h6-7,9-10,12-14,16,19,21H,2-5,8,11,15,17-18H2,1H3,(H,22,23)/b7-6-,10-9-,13-12-,16-14+/t19-/m1/s1/i6T,7T,9T,10T,12T,13T,16T,19T. The van der Waals surface area contributed by atoms with E-state index in [1.165, 1.54) is 0 Å². The van der Waals surface area contributed by atoms with Gasteiger partial charge in [-0.2, -0.15) is 0 Å². The van der Waals surface area contributed by atoms with Crippen LogP contribution in [-0.2, 0) is 4.79 Å². The number of hydrogen-bond acceptors (Lipinski definition) is 2. The molecule has 2 N–H and O–H groups in total. The third-order valence-electron chi connectivity index (χ3n) is 2.73. The summed E-state index contributed by atoms with van der Waals surface area (Å²) in [5.41, 5.74) is 0. The highest BCUT2D eigenvalue weighted by atomic mass is 16.4. The molecule has 0 unspecified atom stereocenters. The van der Waals surface area contributed by atoms with Crippen LogP contribution in [0.15, 0.2) is 48.4 Å². The first-order valence-electron chi connectivity index (χ1n) is 11.9. The minimum Gasteiger partial charge on any atom is -0.481 e. The van der Waals surface area contributed by atoms with E-state index < -0.39 is 36.6 Å². The Labute approximate surface area is 152 Å². The number of unbranched alkanes of at least 4 members (excludes halogenated alkanes) is 2. The lowest BCUT2D eigenvalue weighted by Gasteiger charge is -2.02. The van der Waals surface area contributed by atoms with E-state index >= 15 is 0 Å². The Morgan fingerprint density at radius 1 is 1.13 bits per heavy atom. The van der Waals surface area contributed by atoms with E-state index in [0.29, 0.717) is 6.42 Å². The minimum absolute atomic E-state index is 0.0302. The van der Waals surface area contributed by atoms with E-state index in [0.717, 1.165) is 25.3 Å². The minimum atomic E-state index is -2.39. The van der Waals surface area contributed by atoms with Crippen LogP contribution in [0, 0.1) is 0 Å². The number of rotatable bonds is 14. The van der Waals surface area contributed by atoms with Gasteiger partial charge in [0.1, 0.15) is 0 Å². The fourth-order valence-corrected chi connectivity index (χ4v) is 1.53. The largest absolute Gasteiger partial charge is 0.481 e. The molecule has 23 heavy (non-hydrogen) atoms. The number of aliphatic hydroxyl groups is 1. The lowest BCUT2D eigenvalue weighted by atomic mass is 10.1. The maximum atomic E-state index is 10.5. The number of carboxylic acid groups (broad SMARTS) is 1. The van der Waals surface area contributed by atoms with Crippen molar-refractivity contribution < 1.29 is 26.0 Å². The van der Waals surface area contributed by atoms with Crippen LogP contribution in [0.4, 0.5) is 0 Å². The highest BCUT2D eigenvalue weighted by Gasteiger charge is 2.01. The first-order chi connectivity index (χ1) is 14.3. The van der Waals surface area contributed by atoms with E-state index in [-0.39, 0.29) is 49.9 Å². The van der Waals surface area contributed by atoms with Gasteiger partial charge in [0.25, 0.3) is 0 Å². The van der Waals surface area contributed by atoms with Crippen molar-refractivity contribution in [1.82, 2.24) is 0 Å². The van der Waals surface area contributed by atoms with E-state index in [4.69, 9.17) is 16.1 Å². The van der Waals surface area contributed by atoms with E-state index in [1.54, 1.807) is 0 Å². The SMILES string of the molecule is [3H]C(/C=C(\[3H])[C@@]([3H])(O)CCCC(=O)O)=C(\[3H])C/C([3H])=C(/[3H])C/C([3H])=C(/[3H])CCCCC. The number of allylic oxidation sites excluding steroid dienone is 7. The molecule has 0 spiro atoms. The monoisotopic (exact) mass is 336 g/mol. The molecular weight excluding hydrogens is 288 g/mol. The summed E-state index contributed by atoms with van der Waals surface area (Å²) < 4.78 is 62.8. The molecule has 0 aromatic carbocycles. The quantitative estimate of drug-likeness (QED) is 0.261. The van der Waals surface area contributed by atoms with Crippen LogP contribution in [0.3, 0.4) is 0 Å². The third kappa shape index (κ3) is 18.3. The third-order valence-corrected chi connectivity index (χ3v) is 2.73. The van der Waals surface area contributed by atoms with Gasteiger partial charge in [-0.25, -0.2) is 0 Å². The molecule has 0 rings (SSSR count). The summed E-state index contributed by atoms with van der Waals surface area (Å²) in [5, 5.41) is 18.6. The summed E-state index contributed by atoms with van der Waals surface area (Å²) in [4.78, 5) is 10.5. The highest BCUT2D eigenvalue weighted by Crippen LogP contribution is 2.03. The molecule has 0 aromatic heterocycles. The molecule has 0 fully saturated rings. The van der Waals surface area contributed by atoms with Crippen molar-refractivity contribution in [2.75, 3.05) is 0 Å². The Bertz CT molecular complexity index is 739. The number of hydrogen-bond donors (Lipinski definition) is 2. The molecule has 0 heterocycles. The normalized spacial score (nSPS) is 23.1. The molecule has 0 amide bonds. The van der Waals surface area contributed by atoms with Gasteiger partial charge in [0.2, 0.25) is 0 Å². The Kier molecular flexibility index (Phi) is 8.04. The van der Waals surface area contributed by atoms with Crippen LogP contribution in [0.25, 0.3) is 0 Å². The second kappa shape index (κ2) is 16.8. The van der Waals surface area contributed by atoms with E-state index in [9.17, 15) is 9.90 Å². The van der Waals surface area contributed by atoms with E-state index in [1.807, 2.05) is 6.92 Å². The molecule has 0 aliphatic heterocycles. The molecule has 0 bridgehead atoms. The summed E-state index contributed by atoms with van der Waals surface area (Å²) in [7, 11) is 0. The Hall–Kier alpha value is -1.61. The van der Waals surface area contributed by atoms with Crippen molar-refractivity contribution in [2.24, 2.45) is 0 Å². The zero-order chi connectivity index (χ0) is 24.2. The smallest absolute Gasteiger partial charge is 0.303 e. The van der Waals surface area contributed by atoms with Gasteiger partial charge in [0, 0.05) is 6.42 Å². The van der Waals surface area contributed by atoms with Gasteiger partial charge in [-0.05, 0) is 38.5 Å². The van der Waals surface area contributed by atoms with Crippen molar-refractivity contribution >= 4 is 5.97 Å². The topological polar surface area (TPSA) is 57.5 Å². The van der Waals surface area contributed by atoms with Gasteiger partial charge in [-0.15, -0.1) is 0 Å². The molecular formula is C20H32O3. The van der Waals surface area contributed by atoms with Crippen LogP contribution in [0.1, 0.15) is 75.7 Å². The van der Waals surface area contributed by atoms with Crippen LogP contribution in [-0.4, -0.2) is 22.3 Å². The van der Waals surface area contributed by atoms with Crippen molar-refractivity contribution in [3.8, 4) is 0 Å². The average Bonchev–Trinajstić information content (AvgIpc) is 2.67. The lowest BCUT2D eigenvalue weighted by molar-refractivity contribution is -0.137. The van der Waals surface area contributed by atoms with Crippen LogP contribution in [0.2, 0.25) is 0 Å². The van der Waals surface area contributed by atoms with Gasteiger partial charge in [0.15, 0.2) is 0 Å². The van der Waals surface area contributed by atoms with E-state index in [2.05, 4.69) is 0 Å². The lowest BCUT2D eigenvalue weighted by Crippen LogP contribution is -2.03. The first kappa shape index (κ1) is 11.0. The highest BCUT2D eigenvalue weighted by molar-refractivity contribution is 5.66. The molecule has 130 valence electrons. The summed E-state index contributed by atoms with van der Waals surface area (Å²) in [5.74, 6) is -1.09. The van der Waals surface area contributed by atoms with Gasteiger partial charge < -0.3 is 10.2 Å². The van der Waals surface area contributed by atoms with Gasteiger partial charge in [-0.1, -0.05) is 68.2 Å². The summed E-state index contributed by atoms with van der Waals surface area (Å²) in [6, 6.07) is -2.03. The number of aliphatic carboxylic acids is 1. The molecule has 0 saturated heterocycles. The Balaban J connectivity index is 5.21. The maximum absolute atomic E-state index is 10.5. The van der Waals surface area contributed by atoms with Gasteiger partial charge in [-0.3, -0.25) is 4.79 Å². The zero-order valence-corrected chi connectivity index (χ0v) is 13.7. The van der Waals surface area contributed by atoms with Crippen LogP contribution in [0.5, 0.6) is 0 Å². The molecule has 0 saturated carbocycles. The summed E-state index contributed by atoms with van der Waals surface area (Å²) in [6.07, 6.45) is 0.343. The second-order valence-electron chi connectivity index (χ2n) is 4.82. The molecule has 0 aliphatic rings. The molecule has 0 radical (unpaired) electrons. The molecule has 0 aromatic rings. The predicted molar refractivity (Wildman–Crippen MR) is 97.4 cm³/mol. The number of carboxylic acids is 1. The Morgan fingerprint density at radius 3 is 2.52 bits per heavy atom. The zero-order valence-electron chi connectivity index (χ0n) is 21.7. The first-order valence-corrected chi connectivity index (χ1v) is 7.91. The number of carbonyl (C=O) groups is 1. The Morgan fingerprint density at radius 2 is 1.83 bits per heavy atom. The summed E-state index contributed by atoms with van der Waals surface area (Å²) >= 11 is 0. The molecule has 0 aliphatic carbocycles. The van der Waals surface area contributed by atoms with Gasteiger partial charge >= 0.3 is 5.97 Å². The van der Waals surface area contributed by atoms with Crippen molar-refractivity contribution in [3.05, 3.63) is 48.4 Å². The molecule has 3 heteroatoms.